The Morgan fingerprint density at radius 2 is 1.51 bits per heavy atom. The Balaban J connectivity index is 2.11. The minimum absolute atomic E-state index is 0.0102. The summed E-state index contributed by atoms with van der Waals surface area (Å²) in [6.07, 6.45) is -13.3. The third kappa shape index (κ3) is 5.82. The first-order valence-electron chi connectivity index (χ1n) is 11.7. The first-order valence-corrected chi connectivity index (χ1v) is 13.2. The summed E-state index contributed by atoms with van der Waals surface area (Å²) < 4.78 is 134. The highest BCUT2D eigenvalue weighted by molar-refractivity contribution is 7.92. The van der Waals surface area contributed by atoms with Crippen molar-refractivity contribution in [2.45, 2.75) is 40.9 Å². The normalized spacial score (nSPS) is 18.3. The first kappa shape index (κ1) is 32.0. The fraction of sp³-hybridized carbons (Fsp3) is 0.417. The van der Waals surface area contributed by atoms with Crippen molar-refractivity contribution in [3.63, 3.8) is 0 Å². The number of urea groups is 1. The molecule has 1 aliphatic rings. The van der Waals surface area contributed by atoms with Gasteiger partial charge in [-0.2, -0.15) is 26.3 Å². The van der Waals surface area contributed by atoms with Crippen molar-refractivity contribution < 1.29 is 58.2 Å². The van der Waals surface area contributed by atoms with Crippen LogP contribution in [0.1, 0.15) is 24.5 Å². The lowest BCUT2D eigenvalue weighted by molar-refractivity contribution is -0.377. The molecule has 226 valence electrons. The Labute approximate surface area is 228 Å². The van der Waals surface area contributed by atoms with E-state index in [0.29, 0.717) is 6.07 Å². The Morgan fingerprint density at radius 1 is 0.951 bits per heavy atom. The predicted molar refractivity (Wildman–Crippen MR) is 126 cm³/mol. The number of aliphatic hydroxyl groups is 1. The van der Waals surface area contributed by atoms with Gasteiger partial charge in [0.05, 0.1) is 4.90 Å². The molecule has 3 amide bonds. The van der Waals surface area contributed by atoms with Crippen molar-refractivity contribution in [3.05, 3.63) is 65.2 Å². The fourth-order valence-corrected chi connectivity index (χ4v) is 6.55. The molecule has 2 aromatic rings. The highest BCUT2D eigenvalue weighted by Gasteiger charge is 2.72. The molecule has 2 aromatic carbocycles. The van der Waals surface area contributed by atoms with Crippen LogP contribution in [0.25, 0.3) is 0 Å². The summed E-state index contributed by atoms with van der Waals surface area (Å²) in [6, 6.07) is 3.10. The number of halogens is 8. The van der Waals surface area contributed by atoms with Crippen molar-refractivity contribution in [1.82, 2.24) is 15.5 Å². The van der Waals surface area contributed by atoms with E-state index >= 15 is 4.39 Å². The van der Waals surface area contributed by atoms with Crippen LogP contribution in [-0.4, -0.2) is 68.9 Å². The Morgan fingerprint density at radius 3 is 2.02 bits per heavy atom. The van der Waals surface area contributed by atoms with Crippen LogP contribution in [0.5, 0.6) is 0 Å². The van der Waals surface area contributed by atoms with Gasteiger partial charge in [0.1, 0.15) is 16.4 Å². The largest absolute Gasteiger partial charge is 0.430 e. The van der Waals surface area contributed by atoms with E-state index in [1.807, 2.05) is 0 Å². The zero-order valence-corrected chi connectivity index (χ0v) is 21.9. The third-order valence-electron chi connectivity index (χ3n) is 6.64. The van der Waals surface area contributed by atoms with Gasteiger partial charge in [-0.15, -0.1) is 0 Å². The number of hydrogen-bond donors (Lipinski definition) is 3. The average molecular weight is 618 g/mol. The Kier molecular flexibility index (Phi) is 8.66. The number of rotatable bonds is 7. The van der Waals surface area contributed by atoms with Crippen LogP contribution in [-0.2, 0) is 25.0 Å². The molecule has 1 fully saturated rings. The summed E-state index contributed by atoms with van der Waals surface area (Å²) >= 11 is 0. The van der Waals surface area contributed by atoms with Gasteiger partial charge in [0.25, 0.3) is 5.60 Å². The lowest BCUT2D eigenvalue weighted by Crippen LogP contribution is -2.54. The van der Waals surface area contributed by atoms with Gasteiger partial charge < -0.3 is 20.6 Å². The quantitative estimate of drug-likeness (QED) is 0.250. The molecule has 3 N–H and O–H groups in total. The van der Waals surface area contributed by atoms with Crippen LogP contribution in [0.4, 0.5) is 39.9 Å². The highest BCUT2D eigenvalue weighted by atomic mass is 32.2. The van der Waals surface area contributed by atoms with Gasteiger partial charge in [0.2, 0.25) is 5.91 Å². The molecule has 0 saturated carbocycles. The zero-order chi connectivity index (χ0) is 31.0. The second kappa shape index (κ2) is 11.1. The molecule has 1 saturated heterocycles. The van der Waals surface area contributed by atoms with Gasteiger partial charge in [-0.25, -0.2) is 22.0 Å². The maximum Gasteiger partial charge on any atom is 0.430 e. The summed E-state index contributed by atoms with van der Waals surface area (Å²) in [5.41, 5.74) is -8.43. The maximum absolute atomic E-state index is 15.1. The second-order valence-corrected chi connectivity index (χ2v) is 11.5. The van der Waals surface area contributed by atoms with Gasteiger partial charge in [-0.3, -0.25) is 4.79 Å². The summed E-state index contributed by atoms with van der Waals surface area (Å²) in [7, 11) is -4.71. The number of benzene rings is 2. The number of amides is 3. The smallest absolute Gasteiger partial charge is 0.369 e. The molecule has 0 radical (unpaired) electrons. The molecule has 3 rings (SSSR count). The molecule has 0 aliphatic carbocycles. The molecule has 41 heavy (non-hydrogen) atoms. The summed E-state index contributed by atoms with van der Waals surface area (Å²) in [5.74, 6) is -3.41. The SMILES string of the molecule is CC(=O)NCCNC(=O)N1CC[C@](c2ccc(C(O)(C(F)(F)F)C(F)(F)F)c(F)c2)(S(=O)(=O)c2ccc(F)cc2)C1. The van der Waals surface area contributed by atoms with Gasteiger partial charge in [-0.1, -0.05) is 12.1 Å². The molecule has 0 bridgehead atoms. The number of sulfone groups is 1. The fourth-order valence-electron chi connectivity index (χ4n) is 4.48. The molecule has 1 aliphatic heterocycles. The molecule has 8 nitrogen and oxygen atoms in total. The van der Waals surface area contributed by atoms with Gasteiger partial charge >= 0.3 is 18.4 Å². The van der Waals surface area contributed by atoms with Gasteiger partial charge in [0.15, 0.2) is 9.84 Å². The van der Waals surface area contributed by atoms with E-state index in [9.17, 15) is 53.8 Å². The molecule has 1 atom stereocenters. The number of nitrogens with zero attached hydrogens (tertiary/aromatic N) is 1. The maximum atomic E-state index is 15.1. The van der Waals surface area contributed by atoms with Crippen molar-refractivity contribution >= 4 is 21.8 Å². The standard InChI is InChI=1S/C24H23F8N3O5S/c1-14(36)33-9-10-34-20(37)35-11-8-21(13-35,41(39,40)17-5-3-16(25)4-6-17)15-2-7-18(19(26)12-15)22(38,23(27,28)29)24(30,31)32/h2-7,12,38H,8-11,13H2,1H3,(H,33,36)(H,34,37)/t21-/m0/s1. The summed E-state index contributed by atoms with van der Waals surface area (Å²) in [6.45, 7) is 0.141. The minimum atomic E-state index is -6.40. The van der Waals surface area contributed by atoms with E-state index in [1.165, 1.54) is 6.92 Å². The summed E-state index contributed by atoms with van der Waals surface area (Å²) in [4.78, 5) is 24.1. The number of likely N-dealkylation sites (tertiary alicyclic amines) is 1. The minimum Gasteiger partial charge on any atom is -0.369 e. The van der Waals surface area contributed by atoms with Crippen molar-refractivity contribution in [2.75, 3.05) is 26.2 Å². The second-order valence-electron chi connectivity index (χ2n) is 9.24. The molecule has 17 heteroatoms. The highest BCUT2D eigenvalue weighted by Crippen LogP contribution is 2.52. The Hall–Kier alpha value is -3.47. The Bertz CT molecular complexity index is 1400. The number of alkyl halides is 6. The van der Waals surface area contributed by atoms with Crippen LogP contribution in [0.3, 0.4) is 0 Å². The number of carbonyl (C=O) groups is 2. The molecule has 0 unspecified atom stereocenters. The predicted octanol–water partition coefficient (Wildman–Crippen LogP) is 3.50. The average Bonchev–Trinajstić information content (AvgIpc) is 3.32. The molecular formula is C24H23F8N3O5S. The zero-order valence-electron chi connectivity index (χ0n) is 21.0. The van der Waals surface area contributed by atoms with E-state index in [4.69, 9.17) is 0 Å². The van der Waals surface area contributed by atoms with Gasteiger partial charge in [0, 0.05) is 38.7 Å². The topological polar surface area (TPSA) is 116 Å². The first-order chi connectivity index (χ1) is 18.8. The van der Waals surface area contributed by atoms with Crippen LogP contribution in [0, 0.1) is 11.6 Å². The molecule has 0 aromatic heterocycles. The lowest BCUT2D eigenvalue weighted by Gasteiger charge is -2.34. The van der Waals surface area contributed by atoms with E-state index in [2.05, 4.69) is 10.6 Å². The van der Waals surface area contributed by atoms with Crippen LogP contribution < -0.4 is 10.6 Å². The van der Waals surface area contributed by atoms with Crippen molar-refractivity contribution in [1.29, 1.82) is 0 Å². The molecule has 0 spiro atoms. The number of nitrogens with one attached hydrogen (secondary N) is 2. The van der Waals surface area contributed by atoms with E-state index in [1.54, 1.807) is 0 Å². The van der Waals surface area contributed by atoms with Crippen LogP contribution in [0.15, 0.2) is 47.4 Å². The number of carbonyl (C=O) groups excluding carboxylic acids is 2. The lowest BCUT2D eigenvalue weighted by atomic mass is 9.88. The van der Waals surface area contributed by atoms with E-state index in [0.717, 1.165) is 29.2 Å². The van der Waals surface area contributed by atoms with Gasteiger partial charge in [-0.05, 0) is 42.3 Å². The van der Waals surface area contributed by atoms with Crippen LogP contribution in [0.2, 0.25) is 0 Å². The molecular weight excluding hydrogens is 594 g/mol. The monoisotopic (exact) mass is 617 g/mol. The molecule has 1 heterocycles. The van der Waals surface area contributed by atoms with Crippen LogP contribution >= 0.6 is 0 Å². The number of hydrogen-bond acceptors (Lipinski definition) is 5. The van der Waals surface area contributed by atoms with Crippen molar-refractivity contribution in [3.8, 4) is 0 Å². The van der Waals surface area contributed by atoms with Crippen molar-refractivity contribution in [2.24, 2.45) is 0 Å². The van der Waals surface area contributed by atoms with E-state index in [-0.39, 0.29) is 31.8 Å². The summed E-state index contributed by atoms with van der Waals surface area (Å²) in [5, 5.41) is 14.5. The third-order valence-corrected chi connectivity index (χ3v) is 9.13. The van der Waals surface area contributed by atoms with E-state index < -0.39 is 85.1 Å².